The maximum absolute atomic E-state index is 14.3. The summed E-state index contributed by atoms with van der Waals surface area (Å²) in [7, 11) is 0. The van der Waals surface area contributed by atoms with Crippen molar-refractivity contribution < 1.29 is 29.7 Å². The summed E-state index contributed by atoms with van der Waals surface area (Å²) in [4.78, 5) is 60.6. The van der Waals surface area contributed by atoms with E-state index in [4.69, 9.17) is 35.7 Å². The zero-order valence-electron chi connectivity index (χ0n) is 60.7. The molecule has 20 heteroatoms. The van der Waals surface area contributed by atoms with Crippen LogP contribution in [0.4, 0.5) is 68.4 Å². The van der Waals surface area contributed by atoms with E-state index in [1.165, 1.54) is 0 Å². The van der Waals surface area contributed by atoms with Gasteiger partial charge in [-0.15, -0.1) is 20.5 Å². The predicted octanol–water partition coefficient (Wildman–Crippen LogP) is 24.7. The molecule has 3 amide bonds. The van der Waals surface area contributed by atoms with Crippen LogP contribution in [0.2, 0.25) is 0 Å². The maximum Gasteiger partial charge on any atom is 0.259 e. The topological polar surface area (TPSA) is 286 Å². The lowest BCUT2D eigenvalue weighted by molar-refractivity contribution is 0.101. The molecule has 18 aromatic rings. The summed E-state index contributed by atoms with van der Waals surface area (Å²) in [5.74, 6) is -2.17. The number of aromatic hydroxyl groups is 3. The number of phenols is 3. The normalized spacial score (nSPS) is 11.9. The van der Waals surface area contributed by atoms with Crippen LogP contribution >= 0.6 is 0 Å². The van der Waals surface area contributed by atoms with Crippen molar-refractivity contribution >= 4 is 184 Å². The van der Waals surface area contributed by atoms with Crippen molar-refractivity contribution in [3.8, 4) is 17.2 Å². The van der Waals surface area contributed by atoms with Crippen molar-refractivity contribution in [1.29, 1.82) is 0 Å². The number of rotatable bonds is 18. The van der Waals surface area contributed by atoms with Gasteiger partial charge in [-0.25, -0.2) is 4.98 Å². The number of azo groups is 3. The molecule has 18 rings (SSSR count). The number of hydrogen-bond donors (Lipinski definition) is 9. The zero-order valence-corrected chi connectivity index (χ0v) is 60.7. The minimum absolute atomic E-state index is 0.00942. The Morgan fingerprint density at radius 3 is 0.991 bits per heavy atom. The molecule has 0 bridgehead atoms. The van der Waals surface area contributed by atoms with E-state index in [-0.39, 0.29) is 51.0 Å². The molecule has 542 valence electrons. The van der Waals surface area contributed by atoms with E-state index < -0.39 is 17.7 Å². The average molecular weight is 1470 g/mol. The Hall–Kier alpha value is -15.2. The van der Waals surface area contributed by atoms with Gasteiger partial charge in [0, 0.05) is 93.5 Å². The fourth-order valence-corrected chi connectivity index (χ4v) is 15.2. The lowest BCUT2D eigenvalue weighted by atomic mass is 10.00. The van der Waals surface area contributed by atoms with Crippen molar-refractivity contribution in [3.63, 3.8) is 0 Å². The standard InChI is InChI=1S/C92H68N14O6/c1-4-51-19-7-13-25-71(51)97-90(110)68-47-54-31-43-65-62-22-10-16-28-74(62)94-81(65)78(54)84(87(68)107)103-100-57-34-39-60(40-35-57)106(61-41-36-58(37-42-61)101-104-85-79-55(32-44-66-63-23-11-17-29-75(63)95-82(66)79)48-69(88(85)108)91(111)98-72-26-14-8-20-52(72)5-2)77-46-38-59(50-93-77)102-105-86-80-56(33-45-67-64-24-12-18-30-76(64)96-83(67)80)49-70(89(86)109)92(112)99-73-27-15-9-21-53(73)6-3/h7-50,94-96,107-109H,4-6H2,1-3H3,(H,97,110)(H,98,111)(H,99,112). The average Bonchev–Trinajstić information content (AvgIpc) is 1.46. The van der Waals surface area contributed by atoms with Crippen molar-refractivity contribution in [3.05, 3.63) is 300 Å². The van der Waals surface area contributed by atoms with E-state index in [9.17, 15) is 29.7 Å². The lowest BCUT2D eigenvalue weighted by Crippen LogP contribution is -2.13. The number of para-hydroxylation sites is 6. The molecule has 0 aliphatic carbocycles. The molecule has 20 nitrogen and oxygen atoms in total. The van der Waals surface area contributed by atoms with E-state index in [0.717, 1.165) is 65.6 Å². The molecule has 14 aromatic carbocycles. The molecular weight excluding hydrogens is 1400 g/mol. The van der Waals surface area contributed by atoms with Crippen LogP contribution in [-0.4, -0.2) is 53.0 Å². The Bertz CT molecular complexity index is 6320. The second-order valence-electron chi connectivity index (χ2n) is 27.4. The van der Waals surface area contributed by atoms with Crippen LogP contribution in [0.15, 0.2) is 298 Å². The number of pyridine rings is 1. The van der Waals surface area contributed by atoms with Gasteiger partial charge in [-0.05, 0) is 167 Å². The van der Waals surface area contributed by atoms with Gasteiger partial charge in [-0.2, -0.15) is 10.2 Å². The highest BCUT2D eigenvalue weighted by Gasteiger charge is 2.27. The highest BCUT2D eigenvalue weighted by molar-refractivity contribution is 6.26. The van der Waals surface area contributed by atoms with Crippen LogP contribution in [0.3, 0.4) is 0 Å². The Morgan fingerprint density at radius 2 is 0.661 bits per heavy atom. The summed E-state index contributed by atoms with van der Waals surface area (Å²) in [6.07, 6.45) is 3.59. The number of hydrogen-bond acceptors (Lipinski definition) is 14. The molecular formula is C92H68N14O6. The highest BCUT2D eigenvalue weighted by atomic mass is 16.3. The quantitative estimate of drug-likeness (QED) is 0.0371. The summed E-state index contributed by atoms with van der Waals surface area (Å²) in [5.41, 5.74) is 12.2. The van der Waals surface area contributed by atoms with Crippen LogP contribution in [-0.2, 0) is 19.3 Å². The molecule has 0 aliphatic rings. The minimum Gasteiger partial charge on any atom is -0.505 e. The first-order chi connectivity index (χ1) is 54.9. The highest BCUT2D eigenvalue weighted by Crippen LogP contribution is 2.49. The molecule has 0 aliphatic heterocycles. The number of fused-ring (bicyclic) bond motifs is 15. The molecule has 0 fully saturated rings. The number of H-pyrrole nitrogens is 3. The molecule has 0 saturated carbocycles. The number of nitrogens with zero attached hydrogens (tertiary/aromatic N) is 8. The number of aromatic amines is 3. The fraction of sp³-hybridized carbons (Fsp3) is 0.0652. The van der Waals surface area contributed by atoms with E-state index in [1.54, 1.807) is 60.8 Å². The van der Waals surface area contributed by atoms with Gasteiger partial charge in [0.2, 0.25) is 0 Å². The second kappa shape index (κ2) is 28.5. The zero-order chi connectivity index (χ0) is 76.3. The summed E-state index contributed by atoms with van der Waals surface area (Å²) in [6, 6.07) is 81.2. The second-order valence-corrected chi connectivity index (χ2v) is 27.4. The minimum atomic E-state index is -0.520. The maximum atomic E-state index is 14.3. The lowest BCUT2D eigenvalue weighted by Gasteiger charge is -2.24. The van der Waals surface area contributed by atoms with Crippen molar-refractivity contribution in [2.24, 2.45) is 30.7 Å². The van der Waals surface area contributed by atoms with Gasteiger partial charge in [0.1, 0.15) is 28.6 Å². The number of amides is 3. The number of carbonyl (C=O) groups excluding carboxylic acids is 3. The molecule has 0 spiro atoms. The fourth-order valence-electron chi connectivity index (χ4n) is 15.2. The molecule has 112 heavy (non-hydrogen) atoms. The number of carbonyl (C=O) groups is 3. The van der Waals surface area contributed by atoms with Gasteiger partial charge < -0.3 is 46.2 Å². The van der Waals surface area contributed by atoms with Crippen molar-refractivity contribution in [2.75, 3.05) is 20.9 Å². The van der Waals surface area contributed by atoms with E-state index >= 15 is 0 Å². The van der Waals surface area contributed by atoms with Crippen molar-refractivity contribution in [1.82, 2.24) is 19.9 Å². The number of anilines is 6. The van der Waals surface area contributed by atoms with Crippen LogP contribution in [0.25, 0.3) is 97.7 Å². The molecule has 4 aromatic heterocycles. The number of aryl methyl sites for hydroxylation is 3. The Morgan fingerprint density at radius 1 is 0.348 bits per heavy atom. The van der Waals surface area contributed by atoms with Crippen LogP contribution in [0.5, 0.6) is 17.2 Å². The molecule has 0 atom stereocenters. The van der Waals surface area contributed by atoms with E-state index in [0.29, 0.717) is 119 Å². The number of nitrogens with one attached hydrogen (secondary N) is 6. The SMILES string of the molecule is CCc1ccccc1NC(=O)c1cc2ccc3c4ccccc4[nH]c3c2c(N=Nc2ccc(N(c3ccc(N=Nc4c(O)c(C(=O)Nc5ccccc5CC)cc5ccc6c7ccccc7[nH]c6c45)cc3)c3ccc(N=Nc4c(O)c(C(=O)Nc5ccccc5CC)cc5ccc6c7ccccc7[nH]c6c45)cn3)cc2)c1O. The Labute approximate surface area is 639 Å². The predicted molar refractivity (Wildman–Crippen MR) is 448 cm³/mol. The van der Waals surface area contributed by atoms with Crippen LogP contribution in [0, 0.1) is 0 Å². The van der Waals surface area contributed by atoms with Gasteiger partial charge in [-0.1, -0.05) is 166 Å². The number of phenolic OH excluding ortho intramolecular Hbond substituents is 3. The third kappa shape index (κ3) is 12.3. The van der Waals surface area contributed by atoms with Crippen molar-refractivity contribution in [2.45, 2.75) is 40.0 Å². The Balaban J connectivity index is 0.731. The summed E-state index contributed by atoms with van der Waals surface area (Å²) < 4.78 is 0. The molecule has 0 unspecified atom stereocenters. The van der Waals surface area contributed by atoms with Gasteiger partial charge in [0.15, 0.2) is 17.2 Å². The summed E-state index contributed by atoms with van der Waals surface area (Å²) in [5, 5.41) is 84.1. The third-order valence-electron chi connectivity index (χ3n) is 20.8. The van der Waals surface area contributed by atoms with Gasteiger partial charge in [0.05, 0.1) is 50.8 Å². The number of benzene rings is 14. The van der Waals surface area contributed by atoms with Gasteiger partial charge in [0.25, 0.3) is 17.7 Å². The summed E-state index contributed by atoms with van der Waals surface area (Å²) in [6.45, 7) is 6.03. The molecule has 0 saturated heterocycles. The van der Waals surface area contributed by atoms with E-state index in [2.05, 4.69) is 30.9 Å². The first kappa shape index (κ1) is 68.6. The van der Waals surface area contributed by atoms with Gasteiger partial charge >= 0.3 is 0 Å². The summed E-state index contributed by atoms with van der Waals surface area (Å²) >= 11 is 0. The first-order valence-corrected chi connectivity index (χ1v) is 36.8. The number of aromatic nitrogens is 4. The molecule has 9 N–H and O–H groups in total. The third-order valence-corrected chi connectivity index (χ3v) is 20.8. The van der Waals surface area contributed by atoms with Crippen LogP contribution in [0.1, 0.15) is 68.5 Å². The molecule has 4 heterocycles. The van der Waals surface area contributed by atoms with E-state index in [1.807, 2.05) is 232 Å². The van der Waals surface area contributed by atoms with Crippen LogP contribution < -0.4 is 20.9 Å². The first-order valence-electron chi connectivity index (χ1n) is 36.8. The molecule has 0 radical (unpaired) electrons. The largest absolute Gasteiger partial charge is 0.505 e. The monoisotopic (exact) mass is 1460 g/mol. The smallest absolute Gasteiger partial charge is 0.259 e. The Kier molecular flexibility index (Phi) is 17.5. The van der Waals surface area contributed by atoms with Gasteiger partial charge in [-0.3, -0.25) is 19.3 Å².